The molecule has 1 saturated heterocycles. The number of rotatable bonds is 7. The summed E-state index contributed by atoms with van der Waals surface area (Å²) in [5.41, 5.74) is 3.32. The quantitative estimate of drug-likeness (QED) is 0.205. The van der Waals surface area contributed by atoms with E-state index < -0.39 is 15.8 Å². The number of carbonyl (C=O) groups is 3. The van der Waals surface area contributed by atoms with E-state index in [2.05, 4.69) is 71.3 Å². The van der Waals surface area contributed by atoms with Crippen molar-refractivity contribution in [1.82, 2.24) is 10.2 Å². The fraction of sp³-hybridized carbons (Fsp3) is 0.740. The van der Waals surface area contributed by atoms with Gasteiger partial charge in [-0.15, -0.1) is 6.58 Å². The molecule has 6 aliphatic rings. The molecule has 0 aromatic heterocycles. The summed E-state index contributed by atoms with van der Waals surface area (Å²) >= 11 is 0. The lowest BCUT2D eigenvalue weighted by molar-refractivity contribution is -0.216. The van der Waals surface area contributed by atoms with Gasteiger partial charge in [0.1, 0.15) is 6.79 Å². The van der Waals surface area contributed by atoms with Gasteiger partial charge in [-0.05, 0) is 140 Å². The molecule has 2 N–H and O–H groups in total. The van der Waals surface area contributed by atoms with E-state index >= 15 is 0 Å². The van der Waals surface area contributed by atoms with E-state index in [-0.39, 0.29) is 44.8 Å². The third-order valence-electron chi connectivity index (χ3n) is 16.0. The number of carboxylic acids is 1. The zero-order chi connectivity index (χ0) is 45.2. The van der Waals surface area contributed by atoms with Gasteiger partial charge >= 0.3 is 12.1 Å². The third-order valence-corrected chi connectivity index (χ3v) is 17.6. The smallest absolute Gasteiger partial charge is 0.407 e. The van der Waals surface area contributed by atoms with E-state index in [4.69, 9.17) is 9.53 Å². The monoisotopic (exact) mass is 855 g/mol. The summed E-state index contributed by atoms with van der Waals surface area (Å²) in [4.78, 5) is 35.0. The van der Waals surface area contributed by atoms with Gasteiger partial charge in [0, 0.05) is 25.2 Å². The Bertz CT molecular complexity index is 1710. The number of allylic oxidation sites excluding steroid dienone is 3. The van der Waals surface area contributed by atoms with E-state index in [1.165, 1.54) is 44.1 Å². The lowest BCUT2D eigenvalue weighted by Gasteiger charge is -2.72. The SMILES string of the molecule is C=CC.C=O.CC.CC1(C)C(c2ccc(C(=O)O)cc2)=CCC2(C)C1CCC1(C)C2CCC2C3CCCC3(NC(=O)OCCCN3CCS(=O)(=O)CC3)CC[C@]21C.CCC. The van der Waals surface area contributed by atoms with Gasteiger partial charge in [-0.2, -0.15) is 0 Å². The first-order chi connectivity index (χ1) is 28.4. The molecule has 1 heterocycles. The van der Waals surface area contributed by atoms with E-state index in [1.807, 2.05) is 39.7 Å². The van der Waals surface area contributed by atoms with Gasteiger partial charge < -0.3 is 24.9 Å². The molecule has 9 nitrogen and oxygen atoms in total. The molecule has 5 aliphatic carbocycles. The molecule has 1 aromatic rings. The van der Waals surface area contributed by atoms with Crippen molar-refractivity contribution in [3.05, 3.63) is 54.1 Å². The summed E-state index contributed by atoms with van der Waals surface area (Å²) in [7, 11) is -2.89. The zero-order valence-electron chi connectivity index (χ0n) is 39.2. The first kappa shape index (κ1) is 51.4. The molecule has 0 radical (unpaired) electrons. The van der Waals surface area contributed by atoms with E-state index in [1.54, 1.807) is 18.2 Å². The van der Waals surface area contributed by atoms with Crippen LogP contribution < -0.4 is 5.32 Å². The van der Waals surface area contributed by atoms with Crippen molar-refractivity contribution in [1.29, 1.82) is 0 Å². The Morgan fingerprint density at radius 2 is 1.48 bits per heavy atom. The Balaban J connectivity index is 0.000000884. The van der Waals surface area contributed by atoms with Crippen LogP contribution in [-0.2, 0) is 19.4 Å². The summed E-state index contributed by atoms with van der Waals surface area (Å²) in [6, 6.07) is 7.50. The zero-order valence-corrected chi connectivity index (χ0v) is 40.0. The summed E-state index contributed by atoms with van der Waals surface area (Å²) in [5.74, 6) is 1.82. The normalized spacial score (nSPS) is 34.3. The summed E-state index contributed by atoms with van der Waals surface area (Å²) in [6.07, 6.45) is 17.4. The Morgan fingerprint density at radius 1 is 0.883 bits per heavy atom. The van der Waals surface area contributed by atoms with Gasteiger partial charge in [-0.25, -0.2) is 18.0 Å². The number of ether oxygens (including phenoxy) is 1. The molecule has 8 atom stereocenters. The molecule has 4 saturated carbocycles. The van der Waals surface area contributed by atoms with Crippen molar-refractivity contribution < 1.29 is 32.6 Å². The number of benzene rings is 1. The molecule has 60 heavy (non-hydrogen) atoms. The van der Waals surface area contributed by atoms with Crippen molar-refractivity contribution >= 4 is 34.3 Å². The maximum atomic E-state index is 13.3. The van der Waals surface area contributed by atoms with Crippen molar-refractivity contribution in [2.75, 3.05) is 37.7 Å². The minimum absolute atomic E-state index is 0.0112. The average Bonchev–Trinajstić information content (AvgIpc) is 3.63. The first-order valence-electron chi connectivity index (χ1n) is 23.2. The maximum Gasteiger partial charge on any atom is 0.407 e. The summed E-state index contributed by atoms with van der Waals surface area (Å²) < 4.78 is 29.3. The molecular formula is C50H82N2O7S. The minimum Gasteiger partial charge on any atom is -0.478 e. The van der Waals surface area contributed by atoms with Crippen LogP contribution in [0.1, 0.15) is 162 Å². The highest BCUT2D eigenvalue weighted by molar-refractivity contribution is 7.91. The highest BCUT2D eigenvalue weighted by atomic mass is 32.2. The summed E-state index contributed by atoms with van der Waals surface area (Å²) in [6.45, 7) is 30.5. The summed E-state index contributed by atoms with van der Waals surface area (Å²) in [5, 5.41) is 12.9. The molecule has 340 valence electrons. The van der Waals surface area contributed by atoms with Crippen LogP contribution in [-0.4, -0.2) is 80.6 Å². The fourth-order valence-electron chi connectivity index (χ4n) is 13.3. The first-order valence-corrected chi connectivity index (χ1v) is 25.0. The number of aromatic carboxylic acids is 1. The van der Waals surface area contributed by atoms with E-state index in [0.717, 1.165) is 44.2 Å². The highest BCUT2D eigenvalue weighted by Gasteiger charge is 2.69. The van der Waals surface area contributed by atoms with Crippen LogP contribution in [0, 0.1) is 45.3 Å². The molecule has 1 amide bonds. The minimum atomic E-state index is -2.89. The van der Waals surface area contributed by atoms with Gasteiger partial charge in [0.05, 0.1) is 23.7 Å². The Hall–Kier alpha value is -2.98. The van der Waals surface area contributed by atoms with E-state index in [9.17, 15) is 23.1 Å². The second-order valence-electron chi connectivity index (χ2n) is 19.5. The number of fused-ring (bicyclic) bond motifs is 7. The Labute approximate surface area is 364 Å². The van der Waals surface area contributed by atoms with Crippen molar-refractivity contribution in [3.63, 3.8) is 0 Å². The lowest BCUT2D eigenvalue weighted by atomic mass is 9.33. The predicted octanol–water partition coefficient (Wildman–Crippen LogP) is 11.3. The van der Waals surface area contributed by atoms with Crippen LogP contribution in [0.4, 0.5) is 4.79 Å². The molecule has 0 bridgehead atoms. The van der Waals surface area contributed by atoms with Gasteiger partial charge in [-0.3, -0.25) is 0 Å². The number of hydrogen-bond donors (Lipinski definition) is 2. The number of carboxylic acid groups (broad SMARTS) is 1. The fourth-order valence-corrected chi connectivity index (χ4v) is 14.6. The maximum absolute atomic E-state index is 13.3. The number of alkyl carbamates (subject to hydrolysis) is 1. The molecule has 7 unspecified atom stereocenters. The molecule has 10 heteroatoms. The van der Waals surface area contributed by atoms with Crippen LogP contribution in [0.5, 0.6) is 0 Å². The van der Waals surface area contributed by atoms with Crippen LogP contribution in [0.25, 0.3) is 5.57 Å². The molecule has 5 fully saturated rings. The second kappa shape index (κ2) is 21.4. The third kappa shape index (κ3) is 10.3. The van der Waals surface area contributed by atoms with Crippen molar-refractivity contribution in [3.8, 4) is 0 Å². The molecule has 1 aliphatic heterocycles. The van der Waals surface area contributed by atoms with Crippen molar-refractivity contribution in [2.45, 2.75) is 152 Å². The number of carbonyl (C=O) groups excluding carboxylic acids is 2. The highest BCUT2D eigenvalue weighted by Crippen LogP contribution is 2.76. The van der Waals surface area contributed by atoms with Gasteiger partial charge in [0.15, 0.2) is 9.84 Å². The van der Waals surface area contributed by atoms with Crippen LogP contribution in [0.15, 0.2) is 43.0 Å². The largest absolute Gasteiger partial charge is 0.478 e. The van der Waals surface area contributed by atoms with E-state index in [0.29, 0.717) is 55.4 Å². The topological polar surface area (TPSA) is 130 Å². The molecule has 7 rings (SSSR count). The average molecular weight is 855 g/mol. The van der Waals surface area contributed by atoms with Gasteiger partial charge in [0.25, 0.3) is 0 Å². The number of nitrogens with one attached hydrogen (secondary N) is 1. The van der Waals surface area contributed by atoms with Gasteiger partial charge in [-0.1, -0.05) is 99.4 Å². The van der Waals surface area contributed by atoms with Crippen LogP contribution in [0.3, 0.4) is 0 Å². The molecular weight excluding hydrogens is 773 g/mol. The standard InChI is InChI=1S/C41H60N2O6S.C3H8.C3H6.C2H6.CH2O/c1-37(2)30(28-9-11-29(12-10-28)35(44)45)15-18-38(3)33(37)16-19-40(5)34(38)14-13-31-32-8-6-17-41(32,21-20-39(31,40)4)42-36(46)49-25-7-22-43-23-26-50(47,48)27-24-43;2*1-3-2;2*1-2/h9-12,15,31-34H,6-8,13-14,16-27H2,1-5H3,(H,42,46)(H,44,45);3H2,1-2H3;3H,1H2,2H3;1-2H3;1H2/t31?,32?,33?,34?,38?,39-,40?,41?;;;;/m1..../s1. The van der Waals surface area contributed by atoms with Crippen LogP contribution in [0.2, 0.25) is 0 Å². The number of hydrogen-bond acceptors (Lipinski definition) is 7. The molecule has 0 spiro atoms. The Kier molecular flexibility index (Phi) is 18.3. The Morgan fingerprint density at radius 3 is 2.07 bits per heavy atom. The van der Waals surface area contributed by atoms with Crippen molar-refractivity contribution in [2.24, 2.45) is 45.3 Å². The second-order valence-corrected chi connectivity index (χ2v) is 21.8. The number of amides is 1. The van der Waals surface area contributed by atoms with Crippen LogP contribution >= 0.6 is 0 Å². The predicted molar refractivity (Wildman–Crippen MR) is 247 cm³/mol. The number of nitrogens with zero attached hydrogens (tertiary/aromatic N) is 1. The van der Waals surface area contributed by atoms with Gasteiger partial charge in [0.2, 0.25) is 0 Å². The number of sulfone groups is 1. The molecule has 1 aromatic carbocycles. The lowest BCUT2D eigenvalue weighted by Crippen LogP contribution is -2.67.